The molecule has 1 aliphatic carbocycles. The molecule has 0 aromatic rings. The van der Waals surface area contributed by atoms with Crippen molar-refractivity contribution in [3.8, 4) is 0 Å². The van der Waals surface area contributed by atoms with E-state index in [1.165, 1.54) is 62.9 Å². The molecule has 122 valence electrons. The zero-order valence-corrected chi connectivity index (χ0v) is 14.6. The molecule has 0 radical (unpaired) electrons. The lowest BCUT2D eigenvalue weighted by Crippen LogP contribution is -2.52. The fourth-order valence-electron chi connectivity index (χ4n) is 4.51. The molecular formula is C17H32N2OS. The third-order valence-corrected chi connectivity index (χ3v) is 7.11. The van der Waals surface area contributed by atoms with E-state index in [1.54, 1.807) is 0 Å². The second-order valence-corrected chi connectivity index (χ2v) is 8.47. The highest BCUT2D eigenvalue weighted by Crippen LogP contribution is 2.39. The first-order valence-corrected chi connectivity index (χ1v) is 9.99. The van der Waals surface area contributed by atoms with Crippen LogP contribution >= 0.6 is 11.8 Å². The van der Waals surface area contributed by atoms with E-state index in [1.807, 2.05) is 0 Å². The Balaban J connectivity index is 1.55. The molecule has 3 aliphatic rings. The maximum Gasteiger partial charge on any atom is 0.0713 e. The highest BCUT2D eigenvalue weighted by molar-refractivity contribution is 7.99. The Bertz CT molecular complexity index is 319. The van der Waals surface area contributed by atoms with Gasteiger partial charge in [0, 0.05) is 24.7 Å². The van der Waals surface area contributed by atoms with E-state index in [0.717, 1.165) is 24.7 Å². The summed E-state index contributed by atoms with van der Waals surface area (Å²) in [5.41, 5.74) is 0.227. The molecule has 0 bridgehead atoms. The van der Waals surface area contributed by atoms with Crippen LogP contribution in [-0.2, 0) is 4.74 Å². The standard InChI is InChI=1S/C17H32N2OS/c1-18-14-3-5-15(6-4-14)19(2)16-7-10-20-17(13-16)8-11-21-12-9-17/h14-16,18H,3-13H2,1-2H3. The SMILES string of the molecule is CNC1CCC(N(C)C2CCOC3(CCSCC3)C2)CC1. The molecule has 0 aromatic heterocycles. The van der Waals surface area contributed by atoms with Crippen molar-refractivity contribution in [2.75, 3.05) is 32.2 Å². The van der Waals surface area contributed by atoms with Crippen LogP contribution in [0.4, 0.5) is 0 Å². The Morgan fingerprint density at radius 3 is 2.43 bits per heavy atom. The largest absolute Gasteiger partial charge is 0.375 e. The van der Waals surface area contributed by atoms with Gasteiger partial charge in [-0.05, 0) is 77.0 Å². The topological polar surface area (TPSA) is 24.5 Å². The number of nitrogens with zero attached hydrogens (tertiary/aromatic N) is 1. The van der Waals surface area contributed by atoms with Gasteiger partial charge in [0.1, 0.15) is 0 Å². The van der Waals surface area contributed by atoms with Gasteiger partial charge in [-0.2, -0.15) is 11.8 Å². The van der Waals surface area contributed by atoms with E-state index in [-0.39, 0.29) is 5.60 Å². The van der Waals surface area contributed by atoms with Crippen molar-refractivity contribution in [3.63, 3.8) is 0 Å². The van der Waals surface area contributed by atoms with Gasteiger partial charge in [0.25, 0.3) is 0 Å². The molecule has 1 atom stereocenters. The zero-order chi connectivity index (χ0) is 14.7. The van der Waals surface area contributed by atoms with Crippen molar-refractivity contribution in [2.24, 2.45) is 0 Å². The molecule has 1 unspecified atom stereocenters. The quantitative estimate of drug-likeness (QED) is 0.866. The average Bonchev–Trinajstić information content (AvgIpc) is 2.55. The number of nitrogens with one attached hydrogen (secondary N) is 1. The van der Waals surface area contributed by atoms with Crippen LogP contribution < -0.4 is 5.32 Å². The molecule has 2 heterocycles. The smallest absolute Gasteiger partial charge is 0.0713 e. The van der Waals surface area contributed by atoms with Crippen molar-refractivity contribution in [3.05, 3.63) is 0 Å². The summed E-state index contributed by atoms with van der Waals surface area (Å²) in [7, 11) is 4.49. The van der Waals surface area contributed by atoms with Crippen LogP contribution in [0.3, 0.4) is 0 Å². The molecule has 21 heavy (non-hydrogen) atoms. The van der Waals surface area contributed by atoms with E-state index in [2.05, 4.69) is 36.1 Å². The monoisotopic (exact) mass is 312 g/mol. The van der Waals surface area contributed by atoms with Crippen LogP contribution in [-0.4, -0.2) is 60.8 Å². The minimum atomic E-state index is 0.227. The summed E-state index contributed by atoms with van der Waals surface area (Å²) in [6.45, 7) is 0.978. The number of hydrogen-bond acceptors (Lipinski definition) is 4. The first-order valence-electron chi connectivity index (χ1n) is 8.83. The summed E-state index contributed by atoms with van der Waals surface area (Å²) in [6, 6.07) is 2.30. The molecule has 0 aromatic carbocycles. The summed E-state index contributed by atoms with van der Waals surface area (Å²) in [5.74, 6) is 2.59. The maximum atomic E-state index is 6.26. The van der Waals surface area contributed by atoms with Gasteiger partial charge in [-0.15, -0.1) is 0 Å². The van der Waals surface area contributed by atoms with Gasteiger partial charge in [0.15, 0.2) is 0 Å². The summed E-state index contributed by atoms with van der Waals surface area (Å²) >= 11 is 2.10. The van der Waals surface area contributed by atoms with Crippen LogP contribution in [0, 0.1) is 0 Å². The van der Waals surface area contributed by atoms with Crippen LogP contribution in [0.5, 0.6) is 0 Å². The maximum absolute atomic E-state index is 6.26. The van der Waals surface area contributed by atoms with E-state index < -0.39 is 0 Å². The molecule has 3 rings (SSSR count). The molecule has 4 heteroatoms. The summed E-state index contributed by atoms with van der Waals surface area (Å²) in [4.78, 5) is 2.72. The van der Waals surface area contributed by atoms with Crippen LogP contribution in [0.1, 0.15) is 51.4 Å². The molecule has 3 fully saturated rings. The molecule has 2 aliphatic heterocycles. The number of rotatable bonds is 3. The molecule has 1 N–H and O–H groups in total. The van der Waals surface area contributed by atoms with Crippen molar-refractivity contribution in [1.29, 1.82) is 0 Å². The Kier molecular flexibility index (Phi) is 5.52. The molecule has 1 saturated carbocycles. The second-order valence-electron chi connectivity index (χ2n) is 7.25. The Morgan fingerprint density at radius 2 is 1.76 bits per heavy atom. The Labute approximate surface area is 134 Å². The van der Waals surface area contributed by atoms with Gasteiger partial charge in [-0.1, -0.05) is 0 Å². The van der Waals surface area contributed by atoms with Gasteiger partial charge in [0.05, 0.1) is 5.60 Å². The van der Waals surface area contributed by atoms with Gasteiger partial charge < -0.3 is 15.0 Å². The van der Waals surface area contributed by atoms with Crippen molar-refractivity contribution in [2.45, 2.75) is 75.1 Å². The van der Waals surface area contributed by atoms with Gasteiger partial charge >= 0.3 is 0 Å². The molecule has 0 amide bonds. The molecule has 3 nitrogen and oxygen atoms in total. The van der Waals surface area contributed by atoms with Crippen LogP contribution in [0.15, 0.2) is 0 Å². The first kappa shape index (κ1) is 16.1. The van der Waals surface area contributed by atoms with Crippen molar-refractivity contribution < 1.29 is 4.74 Å². The fraction of sp³-hybridized carbons (Fsp3) is 1.00. The minimum absolute atomic E-state index is 0.227. The van der Waals surface area contributed by atoms with Crippen molar-refractivity contribution in [1.82, 2.24) is 10.2 Å². The lowest BCUT2D eigenvalue weighted by Gasteiger charge is -2.48. The van der Waals surface area contributed by atoms with E-state index in [0.29, 0.717) is 0 Å². The summed E-state index contributed by atoms with van der Waals surface area (Å²) < 4.78 is 6.26. The lowest BCUT2D eigenvalue weighted by atomic mass is 9.83. The first-order chi connectivity index (χ1) is 10.2. The third-order valence-electron chi connectivity index (χ3n) is 6.13. The third kappa shape index (κ3) is 3.77. The van der Waals surface area contributed by atoms with Crippen LogP contribution in [0.2, 0.25) is 0 Å². The highest BCUT2D eigenvalue weighted by atomic mass is 32.2. The predicted octanol–water partition coefficient (Wildman–Crippen LogP) is 2.89. The number of thioether (sulfide) groups is 1. The predicted molar refractivity (Wildman–Crippen MR) is 91.1 cm³/mol. The Hall–Kier alpha value is 0.230. The summed E-state index contributed by atoms with van der Waals surface area (Å²) in [5, 5.41) is 3.45. The van der Waals surface area contributed by atoms with Gasteiger partial charge in [-0.3, -0.25) is 0 Å². The normalized spacial score (nSPS) is 37.0. The molecule has 1 spiro atoms. The lowest BCUT2D eigenvalue weighted by molar-refractivity contribution is -0.113. The fourth-order valence-corrected chi connectivity index (χ4v) is 5.75. The van der Waals surface area contributed by atoms with E-state index in [4.69, 9.17) is 4.74 Å². The van der Waals surface area contributed by atoms with E-state index >= 15 is 0 Å². The van der Waals surface area contributed by atoms with Gasteiger partial charge in [-0.25, -0.2) is 0 Å². The van der Waals surface area contributed by atoms with Crippen LogP contribution in [0.25, 0.3) is 0 Å². The molecular weight excluding hydrogens is 280 g/mol. The van der Waals surface area contributed by atoms with E-state index in [9.17, 15) is 0 Å². The highest BCUT2D eigenvalue weighted by Gasteiger charge is 2.41. The zero-order valence-electron chi connectivity index (χ0n) is 13.8. The number of hydrogen-bond donors (Lipinski definition) is 1. The summed E-state index contributed by atoms with van der Waals surface area (Å²) in [6.07, 6.45) is 10.5. The van der Waals surface area contributed by atoms with Gasteiger partial charge in [0.2, 0.25) is 0 Å². The average molecular weight is 313 g/mol. The second kappa shape index (κ2) is 7.20. The Morgan fingerprint density at radius 1 is 1.05 bits per heavy atom. The van der Waals surface area contributed by atoms with Crippen molar-refractivity contribution >= 4 is 11.8 Å². The minimum Gasteiger partial charge on any atom is -0.375 e. The molecule has 2 saturated heterocycles. The number of ether oxygens (including phenoxy) is 1.